The van der Waals surface area contributed by atoms with Crippen molar-refractivity contribution in [3.63, 3.8) is 0 Å². The summed E-state index contributed by atoms with van der Waals surface area (Å²) >= 11 is 0. The average molecular weight is 488 g/mol. The van der Waals surface area contributed by atoms with Gasteiger partial charge in [0.1, 0.15) is 18.1 Å². The van der Waals surface area contributed by atoms with Crippen LogP contribution in [0.15, 0.2) is 57.9 Å². The second-order valence-corrected chi connectivity index (χ2v) is 9.68. The zero-order chi connectivity index (χ0) is 24.7. The number of carbonyl (C=O) groups is 1. The molecule has 0 aliphatic rings. The number of rotatable bonds is 11. The van der Waals surface area contributed by atoms with Crippen LogP contribution in [-0.4, -0.2) is 39.2 Å². The lowest BCUT2D eigenvalue weighted by molar-refractivity contribution is -0.115. The summed E-state index contributed by atoms with van der Waals surface area (Å²) in [5, 5.41) is 6.69. The summed E-state index contributed by atoms with van der Waals surface area (Å²) in [6, 6.07) is 12.9. The molecule has 0 aliphatic carbocycles. The average Bonchev–Trinajstić information content (AvgIpc) is 3.10. The Hall–Kier alpha value is -3.21. The molecule has 1 amide bonds. The Bertz CT molecular complexity index is 1190. The normalized spacial score (nSPS) is 12.4. The van der Waals surface area contributed by atoms with Crippen LogP contribution < -0.4 is 14.8 Å². The fourth-order valence-corrected chi connectivity index (χ4v) is 4.52. The van der Waals surface area contributed by atoms with Crippen LogP contribution in [0.3, 0.4) is 0 Å². The number of methoxy groups -OCH3 is 1. The van der Waals surface area contributed by atoms with Gasteiger partial charge in [-0.25, -0.2) is 13.1 Å². The van der Waals surface area contributed by atoms with E-state index in [4.69, 9.17) is 14.0 Å². The second-order valence-electron chi connectivity index (χ2n) is 7.96. The quantitative estimate of drug-likeness (QED) is 0.425. The summed E-state index contributed by atoms with van der Waals surface area (Å²) in [7, 11) is -2.16. The first-order chi connectivity index (χ1) is 16.2. The van der Waals surface area contributed by atoms with Crippen molar-refractivity contribution < 1.29 is 27.2 Å². The van der Waals surface area contributed by atoms with Crippen molar-refractivity contribution in [1.29, 1.82) is 0 Å². The molecule has 182 valence electrons. The molecule has 3 rings (SSSR count). The van der Waals surface area contributed by atoms with E-state index in [1.165, 1.54) is 19.2 Å². The Morgan fingerprint density at radius 1 is 1.09 bits per heavy atom. The van der Waals surface area contributed by atoms with Crippen LogP contribution in [0, 0.1) is 13.8 Å². The van der Waals surface area contributed by atoms with Crippen molar-refractivity contribution in [2.45, 2.75) is 44.7 Å². The van der Waals surface area contributed by atoms with Gasteiger partial charge in [-0.3, -0.25) is 4.79 Å². The largest absolute Gasteiger partial charge is 0.489 e. The molecule has 0 radical (unpaired) electrons. The van der Waals surface area contributed by atoms with Gasteiger partial charge in [0, 0.05) is 18.8 Å². The summed E-state index contributed by atoms with van der Waals surface area (Å²) in [6.07, 6.45) is 0.167. The van der Waals surface area contributed by atoms with Gasteiger partial charge >= 0.3 is 0 Å². The third kappa shape index (κ3) is 6.89. The number of hydrogen-bond donors (Lipinski definition) is 2. The lowest BCUT2D eigenvalue weighted by Gasteiger charge is -2.13. The van der Waals surface area contributed by atoms with E-state index in [2.05, 4.69) is 15.2 Å². The van der Waals surface area contributed by atoms with Gasteiger partial charge < -0.3 is 19.3 Å². The molecule has 0 aliphatic heterocycles. The minimum atomic E-state index is -3.67. The Kier molecular flexibility index (Phi) is 8.43. The highest BCUT2D eigenvalue weighted by atomic mass is 32.2. The van der Waals surface area contributed by atoms with Crippen LogP contribution in [0.2, 0.25) is 0 Å². The minimum absolute atomic E-state index is 0.112. The van der Waals surface area contributed by atoms with Gasteiger partial charge in [-0.1, -0.05) is 17.3 Å². The van der Waals surface area contributed by atoms with E-state index in [0.717, 1.165) is 22.6 Å². The minimum Gasteiger partial charge on any atom is -0.489 e. The maximum atomic E-state index is 12.4. The summed E-state index contributed by atoms with van der Waals surface area (Å²) < 4.78 is 43.2. The summed E-state index contributed by atoms with van der Waals surface area (Å²) in [5.41, 5.74) is 3.04. The number of sulfonamides is 1. The Morgan fingerprint density at radius 2 is 1.76 bits per heavy atom. The highest BCUT2D eigenvalue weighted by molar-refractivity contribution is 7.89. The van der Waals surface area contributed by atoms with Gasteiger partial charge in [-0.15, -0.1) is 0 Å². The van der Waals surface area contributed by atoms with E-state index in [0.29, 0.717) is 18.0 Å². The van der Waals surface area contributed by atoms with Crippen molar-refractivity contribution in [3.8, 4) is 5.75 Å². The van der Waals surface area contributed by atoms with Crippen molar-refractivity contribution >= 4 is 21.6 Å². The van der Waals surface area contributed by atoms with Crippen LogP contribution in [0.4, 0.5) is 5.69 Å². The SMILES string of the molecule is COCC(C)NS(=O)(=O)c1ccc(NC(=O)Cc2ccc(OCc3c(C)noc3C)cc2)cc1. The number of anilines is 1. The van der Waals surface area contributed by atoms with Gasteiger partial charge in [0.2, 0.25) is 15.9 Å². The van der Waals surface area contributed by atoms with E-state index in [-0.39, 0.29) is 29.9 Å². The molecule has 9 nitrogen and oxygen atoms in total. The molecule has 0 fully saturated rings. The number of ether oxygens (including phenoxy) is 2. The Balaban J connectivity index is 1.52. The first kappa shape index (κ1) is 25.4. The maximum Gasteiger partial charge on any atom is 0.240 e. The Morgan fingerprint density at radius 3 is 2.35 bits per heavy atom. The fourth-order valence-electron chi connectivity index (χ4n) is 3.29. The molecule has 1 unspecified atom stereocenters. The molecule has 3 aromatic rings. The second kappa shape index (κ2) is 11.3. The molecule has 34 heavy (non-hydrogen) atoms. The number of hydrogen-bond acceptors (Lipinski definition) is 7. The molecule has 2 aromatic carbocycles. The van der Waals surface area contributed by atoms with Gasteiger partial charge in [0.25, 0.3) is 0 Å². The maximum absolute atomic E-state index is 12.4. The summed E-state index contributed by atoms with van der Waals surface area (Å²) in [4.78, 5) is 12.5. The summed E-state index contributed by atoms with van der Waals surface area (Å²) in [6.45, 7) is 6.04. The predicted molar refractivity (Wildman–Crippen MR) is 127 cm³/mol. The molecule has 0 bridgehead atoms. The molecule has 1 heterocycles. The van der Waals surface area contributed by atoms with E-state index < -0.39 is 10.0 Å². The number of aryl methyl sites for hydroxylation is 2. The van der Waals surface area contributed by atoms with E-state index >= 15 is 0 Å². The zero-order valence-corrected chi connectivity index (χ0v) is 20.4. The highest BCUT2D eigenvalue weighted by Gasteiger charge is 2.17. The van der Waals surface area contributed by atoms with Gasteiger partial charge in [-0.05, 0) is 62.7 Å². The van der Waals surface area contributed by atoms with E-state index in [9.17, 15) is 13.2 Å². The fraction of sp³-hybridized carbons (Fsp3) is 0.333. The molecule has 0 saturated heterocycles. The van der Waals surface area contributed by atoms with Crippen molar-refractivity contribution in [2.75, 3.05) is 19.0 Å². The van der Waals surface area contributed by atoms with Crippen molar-refractivity contribution in [1.82, 2.24) is 9.88 Å². The van der Waals surface area contributed by atoms with Crippen LogP contribution in [-0.2, 0) is 32.6 Å². The summed E-state index contributed by atoms with van der Waals surface area (Å²) in [5.74, 6) is 1.19. The molecule has 0 spiro atoms. The number of nitrogens with one attached hydrogen (secondary N) is 2. The standard InChI is InChI=1S/C24H29N3O6S/c1-16(14-31-4)27-34(29,30)22-11-7-20(8-12-22)25-24(28)13-19-5-9-21(10-6-19)32-15-23-17(2)26-33-18(23)3/h5-12,16,27H,13-15H2,1-4H3,(H,25,28). The number of benzene rings is 2. The van der Waals surface area contributed by atoms with E-state index in [1.54, 1.807) is 31.2 Å². The third-order valence-electron chi connectivity index (χ3n) is 5.07. The van der Waals surface area contributed by atoms with E-state index in [1.807, 2.05) is 26.0 Å². The van der Waals surface area contributed by atoms with Crippen LogP contribution >= 0.6 is 0 Å². The molecular weight excluding hydrogens is 458 g/mol. The zero-order valence-electron chi connectivity index (χ0n) is 19.6. The number of aromatic nitrogens is 1. The molecule has 1 aromatic heterocycles. The number of nitrogens with zero attached hydrogens (tertiary/aromatic N) is 1. The first-order valence-corrected chi connectivity index (χ1v) is 12.2. The molecule has 1 atom stereocenters. The van der Waals surface area contributed by atoms with Crippen LogP contribution in [0.25, 0.3) is 0 Å². The molecule has 2 N–H and O–H groups in total. The Labute approximate surface area is 199 Å². The van der Waals surface area contributed by atoms with Crippen LogP contribution in [0.1, 0.15) is 29.5 Å². The van der Waals surface area contributed by atoms with Gasteiger partial charge in [-0.2, -0.15) is 0 Å². The number of amides is 1. The topological polar surface area (TPSA) is 120 Å². The lowest BCUT2D eigenvalue weighted by atomic mass is 10.1. The molecule has 0 saturated carbocycles. The third-order valence-corrected chi connectivity index (χ3v) is 6.68. The smallest absolute Gasteiger partial charge is 0.240 e. The lowest BCUT2D eigenvalue weighted by Crippen LogP contribution is -2.35. The van der Waals surface area contributed by atoms with Gasteiger partial charge in [0.15, 0.2) is 0 Å². The monoisotopic (exact) mass is 487 g/mol. The predicted octanol–water partition coefficient (Wildman–Crippen LogP) is 3.36. The molecule has 10 heteroatoms. The molecular formula is C24H29N3O6S. The van der Waals surface area contributed by atoms with Crippen molar-refractivity contribution in [2.24, 2.45) is 0 Å². The van der Waals surface area contributed by atoms with Gasteiger partial charge in [0.05, 0.1) is 29.2 Å². The first-order valence-electron chi connectivity index (χ1n) is 10.7. The highest BCUT2D eigenvalue weighted by Crippen LogP contribution is 2.19. The number of carbonyl (C=O) groups excluding carboxylic acids is 1. The van der Waals surface area contributed by atoms with Crippen molar-refractivity contribution in [3.05, 3.63) is 71.1 Å². The van der Waals surface area contributed by atoms with Crippen LogP contribution in [0.5, 0.6) is 5.75 Å².